The van der Waals surface area contributed by atoms with Crippen LogP contribution in [0.1, 0.15) is 20.1 Å². The lowest BCUT2D eigenvalue weighted by molar-refractivity contribution is 0.0957. The van der Waals surface area contributed by atoms with E-state index >= 15 is 0 Å². The van der Waals surface area contributed by atoms with Gasteiger partial charge >= 0.3 is 5.69 Å². The lowest BCUT2D eigenvalue weighted by atomic mass is 10.2. The molecule has 2 heterocycles. The van der Waals surface area contributed by atoms with Crippen LogP contribution in [0, 0.1) is 6.92 Å². The maximum atomic E-state index is 11.6. The molecule has 0 aliphatic carbocycles. The fourth-order valence-electron chi connectivity index (χ4n) is 1.61. The number of aromatic amines is 1. The van der Waals surface area contributed by atoms with Gasteiger partial charge in [0, 0.05) is 17.1 Å². The first kappa shape index (κ1) is 13.2. The Bertz CT molecular complexity index is 728. The average Bonchev–Trinajstić information content (AvgIpc) is 2.73. The molecule has 100 valence electrons. The number of nitrogens with one attached hydrogen (secondary N) is 2. The molecule has 0 aliphatic heterocycles. The molecule has 19 heavy (non-hydrogen) atoms. The number of hydrogen-bond acceptors (Lipinski definition) is 5. The predicted octanol–water partition coefficient (Wildman–Crippen LogP) is -0.442. The Morgan fingerprint density at radius 2 is 2.26 bits per heavy atom. The second-order valence-corrected chi connectivity index (χ2v) is 5.16. The summed E-state index contributed by atoms with van der Waals surface area (Å²) in [5, 5.41) is 0. The molecule has 1 amide bonds. The minimum Gasteiger partial charge on any atom is -0.296 e. The highest BCUT2D eigenvalue weighted by Gasteiger charge is 2.12. The van der Waals surface area contributed by atoms with E-state index in [9.17, 15) is 14.4 Å². The smallest absolute Gasteiger partial charge is 0.296 e. The summed E-state index contributed by atoms with van der Waals surface area (Å²) in [6.45, 7) is 2.14. The third-order valence-electron chi connectivity index (χ3n) is 2.61. The second kappa shape index (κ2) is 5.21. The lowest BCUT2D eigenvalue weighted by Crippen LogP contribution is -2.29. The number of carbonyl (C=O) groups is 1. The van der Waals surface area contributed by atoms with Crippen molar-refractivity contribution >= 4 is 17.2 Å². The zero-order valence-corrected chi connectivity index (χ0v) is 10.9. The lowest BCUT2D eigenvalue weighted by Gasteiger charge is -2.03. The molecule has 0 unspecified atom stereocenters. The summed E-state index contributed by atoms with van der Waals surface area (Å²) in [6, 6.07) is 2.95. The first-order valence-electron chi connectivity index (χ1n) is 5.41. The zero-order chi connectivity index (χ0) is 14.0. The number of thiophene rings is 1. The number of aromatic nitrogens is 2. The number of hydrogen-bond donors (Lipinski definition) is 3. The fraction of sp³-hybridized carbons (Fsp3) is 0.182. The van der Waals surface area contributed by atoms with Gasteiger partial charge in [-0.3, -0.25) is 24.6 Å². The van der Waals surface area contributed by atoms with Gasteiger partial charge in [-0.15, -0.1) is 11.3 Å². The maximum absolute atomic E-state index is 11.6. The molecule has 0 spiro atoms. The van der Waals surface area contributed by atoms with Crippen LogP contribution in [0.25, 0.3) is 0 Å². The van der Waals surface area contributed by atoms with Crippen LogP contribution in [0.2, 0.25) is 0 Å². The fourth-order valence-corrected chi connectivity index (χ4v) is 2.55. The molecule has 0 saturated heterocycles. The molecule has 4 N–H and O–H groups in total. The standard InChI is InChI=1S/C11H12N4O3S/c1-6-7(4-8(19-6)10(17)14-12)5-15-3-2-9(16)13-11(15)18/h2-4H,5,12H2,1H3,(H,14,17)(H,13,16,18). The SMILES string of the molecule is Cc1sc(C(=O)NN)cc1Cn1ccc(=O)[nH]c1=O. The summed E-state index contributed by atoms with van der Waals surface area (Å²) in [4.78, 5) is 37.5. The third kappa shape index (κ3) is 2.80. The van der Waals surface area contributed by atoms with Crippen LogP contribution >= 0.6 is 11.3 Å². The van der Waals surface area contributed by atoms with Crippen molar-refractivity contribution in [1.82, 2.24) is 15.0 Å². The number of carbonyl (C=O) groups excluding carboxylic acids is 1. The van der Waals surface area contributed by atoms with E-state index < -0.39 is 11.2 Å². The molecule has 0 aromatic carbocycles. The topological polar surface area (TPSA) is 110 Å². The van der Waals surface area contributed by atoms with Crippen molar-refractivity contribution in [2.75, 3.05) is 0 Å². The number of hydrazine groups is 1. The molecule has 0 saturated carbocycles. The third-order valence-corrected chi connectivity index (χ3v) is 3.70. The van der Waals surface area contributed by atoms with Gasteiger partial charge in [-0.05, 0) is 18.6 Å². The maximum Gasteiger partial charge on any atom is 0.328 e. The quantitative estimate of drug-likeness (QED) is 0.402. The van der Waals surface area contributed by atoms with Crippen molar-refractivity contribution in [2.45, 2.75) is 13.5 Å². The number of H-pyrrole nitrogens is 1. The number of nitrogen functional groups attached to an aromatic ring is 1. The van der Waals surface area contributed by atoms with Gasteiger partial charge in [-0.25, -0.2) is 10.6 Å². The number of aryl methyl sites for hydroxylation is 1. The Hall–Kier alpha value is -2.19. The molecule has 0 bridgehead atoms. The van der Waals surface area contributed by atoms with Gasteiger partial charge in [0.2, 0.25) is 0 Å². The largest absolute Gasteiger partial charge is 0.328 e. The van der Waals surface area contributed by atoms with Crippen molar-refractivity contribution in [3.8, 4) is 0 Å². The second-order valence-electron chi connectivity index (χ2n) is 3.90. The van der Waals surface area contributed by atoms with Gasteiger partial charge < -0.3 is 0 Å². The molecule has 2 aromatic heterocycles. The molecular weight excluding hydrogens is 268 g/mol. The summed E-state index contributed by atoms with van der Waals surface area (Å²) < 4.78 is 1.36. The summed E-state index contributed by atoms with van der Waals surface area (Å²) in [5.74, 6) is 4.70. The van der Waals surface area contributed by atoms with E-state index in [4.69, 9.17) is 5.84 Å². The molecule has 7 nitrogen and oxygen atoms in total. The van der Waals surface area contributed by atoms with E-state index in [2.05, 4.69) is 10.4 Å². The van der Waals surface area contributed by atoms with Crippen LogP contribution < -0.4 is 22.5 Å². The average molecular weight is 280 g/mol. The highest BCUT2D eigenvalue weighted by molar-refractivity contribution is 7.14. The first-order chi connectivity index (χ1) is 9.01. The van der Waals surface area contributed by atoms with Crippen molar-refractivity contribution in [3.05, 3.63) is 54.5 Å². The Morgan fingerprint density at radius 3 is 2.89 bits per heavy atom. The highest BCUT2D eigenvalue weighted by atomic mass is 32.1. The van der Waals surface area contributed by atoms with Gasteiger partial charge in [0.05, 0.1) is 11.4 Å². The molecule has 2 rings (SSSR count). The molecule has 8 heteroatoms. The first-order valence-corrected chi connectivity index (χ1v) is 6.23. The number of rotatable bonds is 3. The highest BCUT2D eigenvalue weighted by Crippen LogP contribution is 2.21. The van der Waals surface area contributed by atoms with E-state index in [0.29, 0.717) is 4.88 Å². The van der Waals surface area contributed by atoms with Crippen LogP contribution in [-0.4, -0.2) is 15.5 Å². The molecule has 0 aliphatic rings. The Labute approximate surface area is 111 Å². The summed E-state index contributed by atoms with van der Waals surface area (Å²) in [5.41, 5.74) is 1.97. The number of amides is 1. The summed E-state index contributed by atoms with van der Waals surface area (Å²) >= 11 is 1.30. The Morgan fingerprint density at radius 1 is 1.53 bits per heavy atom. The number of nitrogens with zero attached hydrogens (tertiary/aromatic N) is 1. The normalized spacial score (nSPS) is 10.4. The Balaban J connectivity index is 2.33. The summed E-state index contributed by atoms with van der Waals surface area (Å²) in [6.07, 6.45) is 1.42. The molecule has 0 fully saturated rings. The monoisotopic (exact) mass is 280 g/mol. The molecule has 0 atom stereocenters. The van der Waals surface area contributed by atoms with Crippen molar-refractivity contribution in [1.29, 1.82) is 0 Å². The van der Waals surface area contributed by atoms with Crippen LogP contribution in [0.5, 0.6) is 0 Å². The van der Waals surface area contributed by atoms with E-state index in [1.54, 1.807) is 6.07 Å². The van der Waals surface area contributed by atoms with Gasteiger partial charge in [0.25, 0.3) is 11.5 Å². The van der Waals surface area contributed by atoms with E-state index in [1.807, 2.05) is 6.92 Å². The Kier molecular flexibility index (Phi) is 3.63. The van der Waals surface area contributed by atoms with Gasteiger partial charge in [-0.1, -0.05) is 0 Å². The van der Waals surface area contributed by atoms with Crippen LogP contribution in [0.15, 0.2) is 27.9 Å². The van der Waals surface area contributed by atoms with Crippen molar-refractivity contribution in [3.63, 3.8) is 0 Å². The molecule has 2 aromatic rings. The van der Waals surface area contributed by atoms with Crippen LogP contribution in [-0.2, 0) is 6.54 Å². The van der Waals surface area contributed by atoms with E-state index in [1.165, 1.54) is 28.2 Å². The van der Waals surface area contributed by atoms with Gasteiger partial charge in [-0.2, -0.15) is 0 Å². The van der Waals surface area contributed by atoms with Crippen molar-refractivity contribution in [2.24, 2.45) is 5.84 Å². The van der Waals surface area contributed by atoms with E-state index in [-0.39, 0.29) is 12.5 Å². The van der Waals surface area contributed by atoms with Gasteiger partial charge in [0.15, 0.2) is 0 Å². The molecular formula is C11H12N4O3S. The van der Waals surface area contributed by atoms with Crippen LogP contribution in [0.3, 0.4) is 0 Å². The summed E-state index contributed by atoms with van der Waals surface area (Å²) in [7, 11) is 0. The van der Waals surface area contributed by atoms with Crippen LogP contribution in [0.4, 0.5) is 0 Å². The number of nitrogens with two attached hydrogens (primary N) is 1. The van der Waals surface area contributed by atoms with Crippen molar-refractivity contribution < 1.29 is 4.79 Å². The van der Waals surface area contributed by atoms with Gasteiger partial charge in [0.1, 0.15) is 0 Å². The molecule has 0 radical (unpaired) electrons. The zero-order valence-electron chi connectivity index (χ0n) is 10.1. The minimum atomic E-state index is -0.483. The van der Waals surface area contributed by atoms with E-state index in [0.717, 1.165) is 10.4 Å². The predicted molar refractivity (Wildman–Crippen MR) is 71.1 cm³/mol. The minimum absolute atomic E-state index is 0.287.